The van der Waals surface area contributed by atoms with E-state index in [9.17, 15) is 9.59 Å². The summed E-state index contributed by atoms with van der Waals surface area (Å²) in [5.74, 6) is 2.88. The molecule has 0 aliphatic carbocycles. The van der Waals surface area contributed by atoms with Crippen LogP contribution in [0.3, 0.4) is 0 Å². The third-order valence-corrected chi connectivity index (χ3v) is 4.97. The number of carbonyl (C=O) groups is 2. The Bertz CT molecular complexity index is 1250. The number of nitrogens with one attached hydrogen (secondary N) is 1. The highest BCUT2D eigenvalue weighted by Gasteiger charge is 2.18. The number of esters is 1. The highest BCUT2D eigenvalue weighted by atomic mass is 16.6. The van der Waals surface area contributed by atoms with Crippen LogP contribution in [0, 0.1) is 19.0 Å². The molecule has 1 amide bonds. The summed E-state index contributed by atoms with van der Waals surface area (Å²) in [6.45, 7) is 7.68. The number of amides is 1. The van der Waals surface area contributed by atoms with Crippen LogP contribution in [0.4, 0.5) is 4.79 Å². The predicted molar refractivity (Wildman–Crippen MR) is 140 cm³/mol. The molecular weight excluding hydrogens is 470 g/mol. The molecule has 0 aromatic heterocycles. The molecular formula is C30H31NO6. The van der Waals surface area contributed by atoms with E-state index < -0.39 is 17.7 Å². The quantitative estimate of drug-likeness (QED) is 0.311. The molecule has 0 radical (unpaired) electrons. The van der Waals surface area contributed by atoms with Gasteiger partial charge in [0.2, 0.25) is 0 Å². The molecule has 3 rings (SSSR count). The molecule has 7 heteroatoms. The molecule has 0 heterocycles. The first-order valence-electron chi connectivity index (χ1n) is 11.9. The van der Waals surface area contributed by atoms with Gasteiger partial charge in [-0.1, -0.05) is 60.7 Å². The molecule has 0 saturated heterocycles. The normalized spacial score (nSPS) is 10.5. The zero-order valence-electron chi connectivity index (χ0n) is 21.5. The van der Waals surface area contributed by atoms with Crippen molar-refractivity contribution < 1.29 is 28.5 Å². The van der Waals surface area contributed by atoms with E-state index in [1.165, 1.54) is 0 Å². The van der Waals surface area contributed by atoms with Gasteiger partial charge in [0, 0.05) is 11.6 Å². The predicted octanol–water partition coefficient (Wildman–Crippen LogP) is 5.80. The van der Waals surface area contributed by atoms with Crippen molar-refractivity contribution in [2.24, 2.45) is 0 Å². The summed E-state index contributed by atoms with van der Waals surface area (Å²) in [6.07, 6.45) is 1.73. The maximum absolute atomic E-state index is 12.9. The summed E-state index contributed by atoms with van der Waals surface area (Å²) in [4.78, 5) is 24.5. The van der Waals surface area contributed by atoms with Crippen LogP contribution >= 0.6 is 0 Å². The Morgan fingerprint density at radius 3 is 2.05 bits per heavy atom. The Morgan fingerprint density at radius 2 is 1.46 bits per heavy atom. The molecule has 0 aliphatic rings. The van der Waals surface area contributed by atoms with Crippen molar-refractivity contribution in [3.05, 3.63) is 95.1 Å². The standard InChI is InChI=1S/C30H31NO6/c1-22-26(28(32)34-17-11-16-31-29(33)37-30(2,3)4)18-25(35-20-23-12-7-5-8-13-23)19-27(22)36-21-24-14-9-6-10-15-24/h5-10,12-15,18-19H,16,20-21H2,1-4H3,(H,31,33). The molecule has 0 fully saturated rings. The van der Waals surface area contributed by atoms with Gasteiger partial charge in [0.1, 0.15) is 36.4 Å². The third-order valence-electron chi connectivity index (χ3n) is 4.97. The van der Waals surface area contributed by atoms with Crippen molar-refractivity contribution in [3.63, 3.8) is 0 Å². The maximum atomic E-state index is 12.9. The van der Waals surface area contributed by atoms with Gasteiger partial charge in [-0.15, -0.1) is 0 Å². The smallest absolute Gasteiger partial charge is 0.408 e. The minimum atomic E-state index is -0.656. The van der Waals surface area contributed by atoms with E-state index in [1.807, 2.05) is 60.7 Å². The number of hydrogen-bond donors (Lipinski definition) is 1. The minimum Gasteiger partial charge on any atom is -0.489 e. The monoisotopic (exact) mass is 501 g/mol. The molecule has 37 heavy (non-hydrogen) atoms. The Labute approximate surface area is 217 Å². The van der Waals surface area contributed by atoms with Crippen LogP contribution in [0.2, 0.25) is 0 Å². The lowest BCUT2D eigenvalue weighted by Gasteiger charge is -2.18. The Morgan fingerprint density at radius 1 is 0.865 bits per heavy atom. The summed E-state index contributed by atoms with van der Waals surface area (Å²) in [6, 6.07) is 22.8. The summed E-state index contributed by atoms with van der Waals surface area (Å²) in [7, 11) is 0. The van der Waals surface area contributed by atoms with Crippen LogP contribution < -0.4 is 14.8 Å². The van der Waals surface area contributed by atoms with Crippen LogP contribution in [0.1, 0.15) is 47.8 Å². The lowest BCUT2D eigenvalue weighted by Crippen LogP contribution is -2.32. The first-order valence-corrected chi connectivity index (χ1v) is 11.9. The van der Waals surface area contributed by atoms with Crippen molar-refractivity contribution in [3.8, 4) is 23.5 Å². The Balaban J connectivity index is 1.71. The van der Waals surface area contributed by atoms with E-state index in [2.05, 4.69) is 17.3 Å². The Hall–Kier alpha value is -4.44. The molecule has 7 nitrogen and oxygen atoms in total. The molecule has 0 unspecified atom stereocenters. The fraction of sp³-hybridized carbons (Fsp3) is 0.267. The molecule has 0 saturated carbocycles. The highest BCUT2D eigenvalue weighted by molar-refractivity contribution is 5.93. The second-order valence-electron chi connectivity index (χ2n) is 9.17. The second kappa shape index (κ2) is 13.0. The second-order valence-corrected chi connectivity index (χ2v) is 9.17. The highest BCUT2D eigenvalue weighted by Crippen LogP contribution is 2.30. The molecule has 0 bridgehead atoms. The van der Waals surface area contributed by atoms with E-state index in [-0.39, 0.29) is 12.1 Å². The van der Waals surface area contributed by atoms with Crippen LogP contribution in [0.15, 0.2) is 72.8 Å². The van der Waals surface area contributed by atoms with Crippen LogP contribution in [-0.4, -0.2) is 24.2 Å². The number of rotatable bonds is 8. The summed E-state index contributed by atoms with van der Waals surface area (Å²) < 4.78 is 22.2. The minimum absolute atomic E-state index is 0.0349. The van der Waals surface area contributed by atoms with Gasteiger partial charge in [0.15, 0.2) is 0 Å². The largest absolute Gasteiger partial charge is 0.489 e. The van der Waals surface area contributed by atoms with E-state index in [1.54, 1.807) is 39.8 Å². The first kappa shape index (κ1) is 27.2. The molecule has 1 N–H and O–H groups in total. The fourth-order valence-electron chi connectivity index (χ4n) is 3.19. The molecule has 0 aliphatic heterocycles. The van der Waals surface area contributed by atoms with Crippen LogP contribution in [0.5, 0.6) is 11.5 Å². The molecule has 0 atom stereocenters. The SMILES string of the molecule is Cc1c(OCc2ccccc2)cc(OCc2ccccc2)cc1C(=O)OC#CCNC(=O)OC(C)(C)C. The average molecular weight is 502 g/mol. The number of ether oxygens (including phenoxy) is 4. The van der Waals surface area contributed by atoms with Gasteiger partial charge in [0.25, 0.3) is 0 Å². The number of alkyl carbamates (subject to hydrolysis) is 1. The number of hydrogen-bond acceptors (Lipinski definition) is 6. The van der Waals surface area contributed by atoms with Crippen molar-refractivity contribution in [1.29, 1.82) is 0 Å². The summed E-state index contributed by atoms with van der Waals surface area (Å²) >= 11 is 0. The van der Waals surface area contributed by atoms with Gasteiger partial charge >= 0.3 is 12.1 Å². The number of carbonyl (C=O) groups excluding carboxylic acids is 2. The van der Waals surface area contributed by atoms with Crippen molar-refractivity contribution >= 4 is 12.1 Å². The van der Waals surface area contributed by atoms with Gasteiger partial charge in [-0.2, -0.15) is 0 Å². The lowest BCUT2D eigenvalue weighted by molar-refractivity contribution is 0.0535. The summed E-state index contributed by atoms with van der Waals surface area (Å²) in [5, 5.41) is 2.48. The molecule has 3 aromatic carbocycles. The molecule has 192 valence electrons. The zero-order valence-corrected chi connectivity index (χ0v) is 21.5. The zero-order chi connectivity index (χ0) is 26.7. The van der Waals surface area contributed by atoms with Gasteiger partial charge < -0.3 is 24.3 Å². The molecule has 3 aromatic rings. The first-order chi connectivity index (χ1) is 17.7. The van der Waals surface area contributed by atoms with Crippen LogP contribution in [0.25, 0.3) is 0 Å². The van der Waals surface area contributed by atoms with E-state index in [0.717, 1.165) is 11.1 Å². The van der Waals surface area contributed by atoms with Gasteiger partial charge in [-0.05, 0) is 50.8 Å². The maximum Gasteiger partial charge on any atom is 0.408 e. The van der Waals surface area contributed by atoms with Crippen LogP contribution in [-0.2, 0) is 22.7 Å². The Kier molecular flexibility index (Phi) is 9.56. The lowest BCUT2D eigenvalue weighted by atomic mass is 10.1. The van der Waals surface area contributed by atoms with Gasteiger partial charge in [0.05, 0.1) is 12.1 Å². The van der Waals surface area contributed by atoms with Crippen molar-refractivity contribution in [2.75, 3.05) is 6.54 Å². The topological polar surface area (TPSA) is 83.1 Å². The average Bonchev–Trinajstić information content (AvgIpc) is 2.87. The fourth-order valence-corrected chi connectivity index (χ4v) is 3.19. The molecule has 0 spiro atoms. The van der Waals surface area contributed by atoms with E-state index >= 15 is 0 Å². The summed E-state index contributed by atoms with van der Waals surface area (Å²) in [5.41, 5.74) is 2.23. The van der Waals surface area contributed by atoms with Gasteiger partial charge in [-0.25, -0.2) is 9.59 Å². The van der Waals surface area contributed by atoms with E-state index in [4.69, 9.17) is 18.9 Å². The third kappa shape index (κ3) is 9.26. The number of benzene rings is 3. The van der Waals surface area contributed by atoms with Gasteiger partial charge in [-0.3, -0.25) is 0 Å². The van der Waals surface area contributed by atoms with E-state index in [0.29, 0.717) is 30.3 Å². The van der Waals surface area contributed by atoms with Crippen molar-refractivity contribution in [2.45, 2.75) is 46.5 Å². The van der Waals surface area contributed by atoms with Crippen molar-refractivity contribution in [1.82, 2.24) is 5.32 Å².